The van der Waals surface area contributed by atoms with Gasteiger partial charge in [0.15, 0.2) is 0 Å². The first-order valence-electron chi connectivity index (χ1n) is 4.54. The summed E-state index contributed by atoms with van der Waals surface area (Å²) in [7, 11) is -4.25. The molecule has 0 aliphatic carbocycles. The molecule has 0 spiro atoms. The lowest BCUT2D eigenvalue weighted by Gasteiger charge is -2.09. The summed E-state index contributed by atoms with van der Waals surface area (Å²) >= 11 is 0. The van der Waals surface area contributed by atoms with Gasteiger partial charge >= 0.3 is 0 Å². The van der Waals surface area contributed by atoms with E-state index in [1.807, 2.05) is 0 Å². The minimum atomic E-state index is -4.25. The first-order valence-corrected chi connectivity index (χ1v) is 5.98. The van der Waals surface area contributed by atoms with Gasteiger partial charge in [-0.3, -0.25) is 4.55 Å². The Morgan fingerprint density at radius 2 is 2.00 bits per heavy atom. The Bertz CT molecular complexity index is 549. The summed E-state index contributed by atoms with van der Waals surface area (Å²) in [5.74, 6) is 5.05. The number of benzene rings is 1. The summed E-state index contributed by atoms with van der Waals surface area (Å²) in [6.45, 7) is 3.30. The molecule has 0 saturated heterocycles. The van der Waals surface area contributed by atoms with E-state index in [2.05, 4.69) is 11.8 Å². The Labute approximate surface area is 94.7 Å². The van der Waals surface area contributed by atoms with E-state index in [1.54, 1.807) is 13.8 Å². The SMILES string of the molecule is CC#CC(O)c1cc(S(=O)(=O)O)ccc1C. The van der Waals surface area contributed by atoms with E-state index < -0.39 is 16.2 Å². The summed E-state index contributed by atoms with van der Waals surface area (Å²) in [6, 6.07) is 4.01. The van der Waals surface area contributed by atoms with Gasteiger partial charge in [0.2, 0.25) is 0 Å². The van der Waals surface area contributed by atoms with Crippen LogP contribution in [0.4, 0.5) is 0 Å². The first kappa shape index (κ1) is 12.7. The first-order chi connectivity index (χ1) is 7.36. The molecule has 4 nitrogen and oxygen atoms in total. The lowest BCUT2D eigenvalue weighted by atomic mass is 10.0. The zero-order valence-corrected chi connectivity index (χ0v) is 9.75. The van der Waals surface area contributed by atoms with Gasteiger partial charge in [0, 0.05) is 0 Å². The van der Waals surface area contributed by atoms with Gasteiger partial charge in [-0.2, -0.15) is 8.42 Å². The van der Waals surface area contributed by atoms with Gasteiger partial charge in [-0.15, -0.1) is 5.92 Å². The molecule has 1 aromatic rings. The zero-order chi connectivity index (χ0) is 12.3. The second kappa shape index (κ2) is 4.66. The van der Waals surface area contributed by atoms with Gasteiger partial charge in [0.05, 0.1) is 4.90 Å². The fourth-order valence-electron chi connectivity index (χ4n) is 1.29. The molecule has 0 aliphatic heterocycles. The maximum atomic E-state index is 10.9. The maximum absolute atomic E-state index is 10.9. The van der Waals surface area contributed by atoms with E-state index in [1.165, 1.54) is 18.2 Å². The highest BCUT2D eigenvalue weighted by Crippen LogP contribution is 2.21. The number of rotatable bonds is 2. The van der Waals surface area contributed by atoms with Crippen LogP contribution in [0.2, 0.25) is 0 Å². The number of hydrogen-bond donors (Lipinski definition) is 2. The molecule has 5 heteroatoms. The van der Waals surface area contributed by atoms with Crippen LogP contribution in [-0.4, -0.2) is 18.1 Å². The molecular weight excluding hydrogens is 228 g/mol. The van der Waals surface area contributed by atoms with Crippen molar-refractivity contribution in [1.29, 1.82) is 0 Å². The van der Waals surface area contributed by atoms with Crippen LogP contribution < -0.4 is 0 Å². The van der Waals surface area contributed by atoms with Crippen molar-refractivity contribution in [2.45, 2.75) is 24.8 Å². The second-order valence-electron chi connectivity index (χ2n) is 3.29. The highest BCUT2D eigenvalue weighted by Gasteiger charge is 2.14. The number of aliphatic hydroxyl groups excluding tert-OH is 1. The van der Waals surface area contributed by atoms with Crippen LogP contribution in [0.3, 0.4) is 0 Å². The minimum Gasteiger partial charge on any atom is -0.376 e. The normalized spacial score (nSPS) is 12.8. The topological polar surface area (TPSA) is 74.6 Å². The van der Waals surface area contributed by atoms with E-state index in [9.17, 15) is 13.5 Å². The second-order valence-corrected chi connectivity index (χ2v) is 4.71. The molecule has 0 aliphatic rings. The van der Waals surface area contributed by atoms with Gasteiger partial charge < -0.3 is 5.11 Å². The molecule has 0 heterocycles. The zero-order valence-electron chi connectivity index (χ0n) is 8.93. The van der Waals surface area contributed by atoms with Gasteiger partial charge in [-0.05, 0) is 37.1 Å². The predicted octanol–water partition coefficient (Wildman–Crippen LogP) is 1.30. The molecule has 0 saturated carbocycles. The molecule has 0 aromatic heterocycles. The van der Waals surface area contributed by atoms with Crippen LogP contribution in [0.25, 0.3) is 0 Å². The van der Waals surface area contributed by atoms with Crippen LogP contribution in [0, 0.1) is 18.8 Å². The van der Waals surface area contributed by atoms with Crippen molar-refractivity contribution in [2.24, 2.45) is 0 Å². The van der Waals surface area contributed by atoms with Gasteiger partial charge in [-0.1, -0.05) is 12.0 Å². The molecule has 1 rings (SSSR count). The van der Waals surface area contributed by atoms with Crippen LogP contribution >= 0.6 is 0 Å². The summed E-state index contributed by atoms with van der Waals surface area (Å²) in [5, 5.41) is 9.64. The Balaban J connectivity index is 3.33. The molecule has 86 valence electrons. The largest absolute Gasteiger partial charge is 0.376 e. The highest BCUT2D eigenvalue weighted by molar-refractivity contribution is 7.85. The average molecular weight is 240 g/mol. The highest BCUT2D eigenvalue weighted by atomic mass is 32.2. The molecule has 0 radical (unpaired) electrons. The fraction of sp³-hybridized carbons (Fsp3) is 0.273. The standard InChI is InChI=1S/C11H12O4S/c1-3-4-11(12)10-7-9(16(13,14)15)6-5-8(10)2/h5-7,11-12H,1-2H3,(H,13,14,15). The molecule has 0 amide bonds. The lowest BCUT2D eigenvalue weighted by Crippen LogP contribution is -2.03. The maximum Gasteiger partial charge on any atom is 0.294 e. The van der Waals surface area contributed by atoms with Gasteiger partial charge in [0.25, 0.3) is 10.1 Å². The lowest BCUT2D eigenvalue weighted by molar-refractivity contribution is 0.237. The number of hydrogen-bond acceptors (Lipinski definition) is 3. The Hall–Kier alpha value is -1.35. The smallest absolute Gasteiger partial charge is 0.294 e. The van der Waals surface area contributed by atoms with Crippen molar-refractivity contribution in [1.82, 2.24) is 0 Å². The molecule has 1 atom stereocenters. The average Bonchev–Trinajstić information content (AvgIpc) is 2.16. The predicted molar refractivity (Wildman–Crippen MR) is 59.4 cm³/mol. The fourth-order valence-corrected chi connectivity index (χ4v) is 1.80. The van der Waals surface area contributed by atoms with Crippen molar-refractivity contribution in [3.8, 4) is 11.8 Å². The number of aliphatic hydroxyl groups is 1. The van der Waals surface area contributed by atoms with E-state index in [-0.39, 0.29) is 4.90 Å². The van der Waals surface area contributed by atoms with Crippen molar-refractivity contribution in [3.05, 3.63) is 29.3 Å². The van der Waals surface area contributed by atoms with Gasteiger partial charge in [0.1, 0.15) is 6.10 Å². The summed E-state index contributed by atoms with van der Waals surface area (Å²) in [6.07, 6.45) is -1.05. The van der Waals surface area contributed by atoms with E-state index in [0.717, 1.165) is 0 Å². The molecule has 1 unspecified atom stereocenters. The number of aryl methyl sites for hydroxylation is 1. The molecular formula is C11H12O4S. The van der Waals surface area contributed by atoms with E-state index in [4.69, 9.17) is 4.55 Å². The van der Waals surface area contributed by atoms with Crippen molar-refractivity contribution < 1.29 is 18.1 Å². The summed E-state index contributed by atoms with van der Waals surface area (Å²) in [4.78, 5) is -0.245. The Morgan fingerprint density at radius 1 is 1.38 bits per heavy atom. The van der Waals surface area contributed by atoms with Crippen LogP contribution in [-0.2, 0) is 10.1 Å². The van der Waals surface area contributed by atoms with E-state index in [0.29, 0.717) is 11.1 Å². The third-order valence-corrected chi connectivity index (χ3v) is 2.97. The molecule has 2 N–H and O–H groups in total. The molecule has 16 heavy (non-hydrogen) atoms. The van der Waals surface area contributed by atoms with Gasteiger partial charge in [-0.25, -0.2) is 0 Å². The summed E-state index contributed by atoms with van der Waals surface area (Å²) < 4.78 is 30.7. The Kier molecular flexibility index (Phi) is 3.70. The third kappa shape index (κ3) is 2.83. The van der Waals surface area contributed by atoms with Crippen molar-refractivity contribution >= 4 is 10.1 Å². The van der Waals surface area contributed by atoms with Crippen LogP contribution in [0.5, 0.6) is 0 Å². The molecule has 1 aromatic carbocycles. The minimum absolute atomic E-state index is 0.245. The molecule has 0 bridgehead atoms. The van der Waals surface area contributed by atoms with Crippen LogP contribution in [0.15, 0.2) is 23.1 Å². The monoisotopic (exact) mass is 240 g/mol. The third-order valence-electron chi connectivity index (χ3n) is 2.12. The molecule has 0 fully saturated rings. The van der Waals surface area contributed by atoms with Crippen molar-refractivity contribution in [3.63, 3.8) is 0 Å². The summed E-state index contributed by atoms with van der Waals surface area (Å²) in [5.41, 5.74) is 1.09. The van der Waals surface area contributed by atoms with E-state index >= 15 is 0 Å². The van der Waals surface area contributed by atoms with Crippen LogP contribution in [0.1, 0.15) is 24.2 Å². The Morgan fingerprint density at radius 3 is 2.50 bits per heavy atom. The van der Waals surface area contributed by atoms with Crippen molar-refractivity contribution in [2.75, 3.05) is 0 Å². The quantitative estimate of drug-likeness (QED) is 0.603.